The van der Waals surface area contributed by atoms with Gasteiger partial charge in [0, 0.05) is 29.2 Å². The van der Waals surface area contributed by atoms with Crippen LogP contribution in [0.5, 0.6) is 5.88 Å². The van der Waals surface area contributed by atoms with Gasteiger partial charge in [0.25, 0.3) is 5.88 Å². The normalized spacial score (nSPS) is 18.4. The molecule has 0 N–H and O–H groups in total. The van der Waals surface area contributed by atoms with Crippen LogP contribution in [0.2, 0.25) is 10.2 Å². The molecule has 6 rings (SSSR count). The Morgan fingerprint density at radius 1 is 1.03 bits per heavy atom. The molecule has 0 radical (unpaired) electrons. The van der Waals surface area contributed by atoms with E-state index >= 15 is 0 Å². The number of benzene rings is 1. The monoisotopic (exact) mass is 575 g/mol. The molecule has 0 spiro atoms. The molecule has 3 aromatic heterocycles. The summed E-state index contributed by atoms with van der Waals surface area (Å²) in [6.07, 6.45) is 3.83. The predicted molar refractivity (Wildman–Crippen MR) is 140 cm³/mol. The lowest BCUT2D eigenvalue weighted by Gasteiger charge is -2.32. The summed E-state index contributed by atoms with van der Waals surface area (Å²) in [6.45, 7) is 3.48. The summed E-state index contributed by atoms with van der Waals surface area (Å²) < 4.78 is 41.7. The first kappa shape index (κ1) is 26.2. The molecule has 2 aliphatic heterocycles. The van der Waals surface area contributed by atoms with Gasteiger partial charge < -0.3 is 14.0 Å². The minimum atomic E-state index is -0.692. The molecule has 1 unspecified atom stereocenters. The third-order valence-electron chi connectivity index (χ3n) is 7.15. The van der Waals surface area contributed by atoms with Crippen LogP contribution in [-0.4, -0.2) is 60.4 Å². The molecule has 39 heavy (non-hydrogen) atoms. The van der Waals surface area contributed by atoms with Gasteiger partial charge in [-0.15, -0.1) is 10.2 Å². The second kappa shape index (κ2) is 11.2. The van der Waals surface area contributed by atoms with Crippen molar-refractivity contribution in [3.63, 3.8) is 0 Å². The number of rotatable bonds is 8. The second-order valence-electron chi connectivity index (χ2n) is 9.75. The van der Waals surface area contributed by atoms with E-state index in [0.717, 1.165) is 51.0 Å². The Morgan fingerprint density at radius 3 is 2.59 bits per heavy atom. The highest BCUT2D eigenvalue weighted by atomic mass is 35.5. The number of ether oxygens (including phenoxy) is 2. The van der Waals surface area contributed by atoms with Crippen molar-refractivity contribution < 1.29 is 18.3 Å². The zero-order chi connectivity index (χ0) is 26.9. The quantitative estimate of drug-likeness (QED) is 0.291. The highest BCUT2D eigenvalue weighted by Crippen LogP contribution is 2.29. The fourth-order valence-corrected chi connectivity index (χ4v) is 5.19. The summed E-state index contributed by atoms with van der Waals surface area (Å²) >= 11 is 11.8. The molecule has 13 heteroatoms. The average Bonchev–Trinajstić information content (AvgIpc) is 3.22. The van der Waals surface area contributed by atoms with E-state index in [9.17, 15) is 8.78 Å². The van der Waals surface area contributed by atoms with E-state index < -0.39 is 11.6 Å². The van der Waals surface area contributed by atoms with Crippen LogP contribution in [0.4, 0.5) is 8.78 Å². The van der Waals surface area contributed by atoms with Crippen LogP contribution >= 0.6 is 23.2 Å². The van der Waals surface area contributed by atoms with Gasteiger partial charge in [0.1, 0.15) is 29.6 Å². The SMILES string of the molecule is Fc1cc(Cl)ccc1COc1nc(C2CCN(Cc3nc4cc(Cl)nnc4n3CC3CCO3)CC2)ncc1F. The van der Waals surface area contributed by atoms with Crippen molar-refractivity contribution in [1.29, 1.82) is 0 Å². The summed E-state index contributed by atoms with van der Waals surface area (Å²) in [6, 6.07) is 5.97. The first-order valence-electron chi connectivity index (χ1n) is 12.7. The molecule has 0 aliphatic carbocycles. The topological polar surface area (TPSA) is 91.1 Å². The largest absolute Gasteiger partial charge is 0.471 e. The Hall–Kier alpha value is -2.99. The van der Waals surface area contributed by atoms with E-state index in [2.05, 4.69) is 29.6 Å². The summed E-state index contributed by atoms with van der Waals surface area (Å²) in [5, 5.41) is 8.86. The van der Waals surface area contributed by atoms with Crippen molar-refractivity contribution in [1.82, 2.24) is 34.6 Å². The van der Waals surface area contributed by atoms with Crippen molar-refractivity contribution >= 4 is 34.4 Å². The predicted octanol–water partition coefficient (Wildman–Crippen LogP) is 4.95. The lowest BCUT2D eigenvalue weighted by atomic mass is 9.96. The Morgan fingerprint density at radius 2 is 1.85 bits per heavy atom. The molecule has 0 bridgehead atoms. The van der Waals surface area contributed by atoms with Gasteiger partial charge in [-0.05, 0) is 44.5 Å². The van der Waals surface area contributed by atoms with E-state index in [1.165, 1.54) is 12.1 Å². The second-order valence-corrected chi connectivity index (χ2v) is 10.6. The van der Waals surface area contributed by atoms with Crippen molar-refractivity contribution in [2.75, 3.05) is 19.7 Å². The number of imidazole rings is 1. The zero-order valence-corrected chi connectivity index (χ0v) is 22.4. The minimum absolute atomic E-state index is 0.0448. The van der Waals surface area contributed by atoms with Gasteiger partial charge in [0.15, 0.2) is 10.8 Å². The van der Waals surface area contributed by atoms with Crippen molar-refractivity contribution in [2.24, 2.45) is 0 Å². The molecule has 5 heterocycles. The summed E-state index contributed by atoms with van der Waals surface area (Å²) in [7, 11) is 0. The number of halogens is 4. The Labute approximate surface area is 233 Å². The number of hydrogen-bond acceptors (Lipinski definition) is 8. The molecule has 1 aromatic carbocycles. The summed E-state index contributed by atoms with van der Waals surface area (Å²) in [4.78, 5) is 15.7. The van der Waals surface area contributed by atoms with Gasteiger partial charge in [-0.2, -0.15) is 9.37 Å². The third kappa shape index (κ3) is 5.81. The molecule has 204 valence electrons. The van der Waals surface area contributed by atoms with Gasteiger partial charge in [-0.25, -0.2) is 14.4 Å². The zero-order valence-electron chi connectivity index (χ0n) is 20.9. The lowest BCUT2D eigenvalue weighted by molar-refractivity contribution is -0.0593. The average molecular weight is 576 g/mol. The molecular formula is C26H25Cl2F2N7O2. The van der Waals surface area contributed by atoms with Crippen LogP contribution in [0.3, 0.4) is 0 Å². The van der Waals surface area contributed by atoms with Crippen LogP contribution in [0.1, 0.15) is 42.4 Å². The molecular weight excluding hydrogens is 551 g/mol. The summed E-state index contributed by atoms with van der Waals surface area (Å²) in [5.41, 5.74) is 1.67. The van der Waals surface area contributed by atoms with Crippen LogP contribution < -0.4 is 4.74 Å². The number of nitrogens with zero attached hydrogens (tertiary/aromatic N) is 7. The van der Waals surface area contributed by atoms with Crippen LogP contribution in [0, 0.1) is 11.6 Å². The van der Waals surface area contributed by atoms with Gasteiger partial charge in [0.05, 0.1) is 25.4 Å². The maximum absolute atomic E-state index is 14.4. The van der Waals surface area contributed by atoms with Gasteiger partial charge in [0.2, 0.25) is 5.82 Å². The van der Waals surface area contributed by atoms with Crippen LogP contribution in [-0.2, 0) is 24.4 Å². The Balaban J connectivity index is 1.11. The fourth-order valence-electron chi connectivity index (χ4n) is 4.89. The van der Waals surface area contributed by atoms with Gasteiger partial charge in [-0.3, -0.25) is 4.90 Å². The molecule has 4 aromatic rings. The van der Waals surface area contributed by atoms with E-state index in [4.69, 9.17) is 37.7 Å². The number of aromatic nitrogens is 6. The molecule has 0 amide bonds. The molecule has 2 aliphatic rings. The molecule has 2 fully saturated rings. The smallest absolute Gasteiger partial charge is 0.254 e. The number of fused-ring (bicyclic) bond motifs is 1. The Kier molecular flexibility index (Phi) is 7.57. The molecule has 2 saturated heterocycles. The van der Waals surface area contributed by atoms with Crippen molar-refractivity contribution in [2.45, 2.75) is 51.0 Å². The van der Waals surface area contributed by atoms with E-state index in [-0.39, 0.29) is 35.1 Å². The van der Waals surface area contributed by atoms with Crippen LogP contribution in [0.25, 0.3) is 11.2 Å². The van der Waals surface area contributed by atoms with Crippen LogP contribution in [0.15, 0.2) is 30.5 Å². The Bertz CT molecular complexity index is 1490. The molecule has 0 saturated carbocycles. The maximum atomic E-state index is 14.4. The number of likely N-dealkylation sites (tertiary alicyclic amines) is 1. The van der Waals surface area contributed by atoms with E-state index in [0.29, 0.717) is 35.2 Å². The van der Waals surface area contributed by atoms with Gasteiger partial charge >= 0.3 is 0 Å². The van der Waals surface area contributed by atoms with Gasteiger partial charge in [-0.1, -0.05) is 29.3 Å². The highest BCUT2D eigenvalue weighted by molar-refractivity contribution is 6.30. The van der Waals surface area contributed by atoms with Crippen molar-refractivity contribution in [3.8, 4) is 5.88 Å². The van der Waals surface area contributed by atoms with E-state index in [1.54, 1.807) is 12.1 Å². The number of piperidine rings is 1. The lowest BCUT2D eigenvalue weighted by Crippen LogP contribution is -2.35. The standard InChI is InChI=1S/C26H25Cl2F2N7O2/c27-17-2-1-16(19(29)9-17)14-39-26-20(30)11-31-24(33-26)15-3-6-36(7-4-15)13-23-32-21-10-22(28)34-35-25(21)37(23)12-18-5-8-38-18/h1-2,9-11,15,18H,3-8,12-14H2. The first-order valence-corrected chi connectivity index (χ1v) is 13.5. The van der Waals surface area contributed by atoms with E-state index in [1.807, 2.05) is 0 Å². The first-order chi connectivity index (χ1) is 18.9. The van der Waals surface area contributed by atoms with Crippen molar-refractivity contribution in [3.05, 3.63) is 69.5 Å². The molecule has 9 nitrogen and oxygen atoms in total. The third-order valence-corrected chi connectivity index (χ3v) is 7.57. The fraction of sp³-hybridized carbons (Fsp3) is 0.423. The number of hydrogen-bond donors (Lipinski definition) is 0. The summed E-state index contributed by atoms with van der Waals surface area (Å²) in [5.74, 6) is 0.0453. The molecule has 1 atom stereocenters. The highest BCUT2D eigenvalue weighted by Gasteiger charge is 2.27. The maximum Gasteiger partial charge on any atom is 0.254 e. The minimum Gasteiger partial charge on any atom is -0.471 e.